The summed E-state index contributed by atoms with van der Waals surface area (Å²) in [6.07, 6.45) is 0. The van der Waals surface area contributed by atoms with Crippen molar-refractivity contribution in [2.24, 2.45) is 0 Å². The summed E-state index contributed by atoms with van der Waals surface area (Å²) in [5.74, 6) is -3.29. The second-order valence-electron chi connectivity index (χ2n) is 3.88. The molecule has 2 rings (SSSR count). The van der Waals surface area contributed by atoms with Gasteiger partial charge in [0.15, 0.2) is 6.61 Å². The molecule has 20 heavy (non-hydrogen) atoms. The van der Waals surface area contributed by atoms with Gasteiger partial charge in [-0.2, -0.15) is 0 Å². The number of ketones is 1. The smallest absolute Gasteiger partial charge is 0.206 e. The lowest BCUT2D eigenvalue weighted by atomic mass is 10.1. The summed E-state index contributed by atoms with van der Waals surface area (Å²) in [4.78, 5) is 11.7. The zero-order chi connectivity index (χ0) is 14.7. The summed E-state index contributed by atoms with van der Waals surface area (Å²) in [6, 6.07) is 6.60. The number of ether oxygens (including phenoxy) is 1. The van der Waals surface area contributed by atoms with Gasteiger partial charge in [-0.25, -0.2) is 13.2 Å². The minimum atomic E-state index is -0.962. The predicted molar refractivity (Wildman–Crippen MR) is 67.6 cm³/mol. The molecule has 0 atom stereocenters. The molecule has 0 N–H and O–H groups in total. The molecule has 0 saturated heterocycles. The second kappa shape index (κ2) is 5.96. The molecule has 0 spiro atoms. The fourth-order valence-electron chi connectivity index (χ4n) is 1.55. The van der Waals surface area contributed by atoms with Crippen LogP contribution in [0.4, 0.5) is 13.2 Å². The first-order valence-corrected chi connectivity index (χ1v) is 5.92. The van der Waals surface area contributed by atoms with Gasteiger partial charge in [-0.3, -0.25) is 4.79 Å². The van der Waals surface area contributed by atoms with Gasteiger partial charge >= 0.3 is 0 Å². The van der Waals surface area contributed by atoms with Crippen LogP contribution in [0.3, 0.4) is 0 Å². The van der Waals surface area contributed by atoms with Gasteiger partial charge in [0.05, 0.1) is 10.6 Å². The van der Waals surface area contributed by atoms with E-state index >= 15 is 0 Å². The monoisotopic (exact) mass is 300 g/mol. The van der Waals surface area contributed by atoms with E-state index in [-0.39, 0.29) is 10.8 Å². The maximum absolute atomic E-state index is 13.4. The standard InChI is InChI=1S/C14H8ClF3O2/c15-9-6-8(4-5-10(9)16)20-7-13(19)14-11(17)2-1-3-12(14)18/h1-6H,7H2. The van der Waals surface area contributed by atoms with Crippen LogP contribution < -0.4 is 4.74 Å². The molecule has 0 aliphatic carbocycles. The first kappa shape index (κ1) is 14.4. The van der Waals surface area contributed by atoms with Crippen LogP contribution in [-0.2, 0) is 0 Å². The van der Waals surface area contributed by atoms with E-state index in [1.165, 1.54) is 12.1 Å². The lowest BCUT2D eigenvalue weighted by molar-refractivity contribution is 0.0913. The largest absolute Gasteiger partial charge is 0.485 e. The quantitative estimate of drug-likeness (QED) is 0.797. The molecule has 0 heterocycles. The Morgan fingerprint density at radius 3 is 2.30 bits per heavy atom. The van der Waals surface area contributed by atoms with E-state index in [0.29, 0.717) is 0 Å². The van der Waals surface area contributed by atoms with E-state index in [1.54, 1.807) is 0 Å². The maximum Gasteiger partial charge on any atom is 0.206 e. The van der Waals surface area contributed by atoms with Gasteiger partial charge in [-0.1, -0.05) is 17.7 Å². The Balaban J connectivity index is 2.11. The Kier molecular flexibility index (Phi) is 4.29. The van der Waals surface area contributed by atoms with Gasteiger partial charge in [0.1, 0.15) is 23.2 Å². The Morgan fingerprint density at radius 2 is 1.70 bits per heavy atom. The molecule has 0 amide bonds. The molecule has 0 aromatic heterocycles. The van der Waals surface area contributed by atoms with Crippen LogP contribution in [0, 0.1) is 17.5 Å². The fraction of sp³-hybridized carbons (Fsp3) is 0.0714. The van der Waals surface area contributed by atoms with Crippen LogP contribution in [0.2, 0.25) is 5.02 Å². The summed E-state index contributed by atoms with van der Waals surface area (Å²) in [6.45, 7) is -0.584. The zero-order valence-corrected chi connectivity index (χ0v) is 10.8. The maximum atomic E-state index is 13.4. The molecule has 0 radical (unpaired) electrons. The van der Waals surface area contributed by atoms with Crippen LogP contribution in [0.1, 0.15) is 10.4 Å². The number of carbonyl (C=O) groups is 1. The molecule has 0 bridgehead atoms. The Hall–Kier alpha value is -2.01. The number of benzene rings is 2. The minimum Gasteiger partial charge on any atom is -0.485 e. The van der Waals surface area contributed by atoms with Crippen LogP contribution in [0.15, 0.2) is 36.4 Å². The van der Waals surface area contributed by atoms with Crippen molar-refractivity contribution in [3.05, 3.63) is 64.4 Å². The number of hydrogen-bond donors (Lipinski definition) is 0. The van der Waals surface area contributed by atoms with Crippen molar-refractivity contribution in [1.29, 1.82) is 0 Å². The van der Waals surface area contributed by atoms with Crippen LogP contribution in [-0.4, -0.2) is 12.4 Å². The molecule has 6 heteroatoms. The van der Waals surface area contributed by atoms with Crippen molar-refractivity contribution in [1.82, 2.24) is 0 Å². The third kappa shape index (κ3) is 3.11. The number of Topliss-reactive ketones (excluding diaryl/α,β-unsaturated/α-hetero) is 1. The normalized spacial score (nSPS) is 10.4. The fourth-order valence-corrected chi connectivity index (χ4v) is 1.72. The first-order chi connectivity index (χ1) is 9.49. The predicted octanol–water partition coefficient (Wildman–Crippen LogP) is 4.02. The summed E-state index contributed by atoms with van der Waals surface area (Å²) < 4.78 is 44.7. The SMILES string of the molecule is O=C(COc1ccc(F)c(Cl)c1)c1c(F)cccc1F. The van der Waals surface area contributed by atoms with Crippen LogP contribution in [0.25, 0.3) is 0 Å². The van der Waals surface area contributed by atoms with Gasteiger partial charge in [-0.05, 0) is 24.3 Å². The lowest BCUT2D eigenvalue weighted by Crippen LogP contribution is -2.15. The molecular weight excluding hydrogens is 293 g/mol. The molecule has 2 aromatic rings. The molecule has 0 saturated carbocycles. The van der Waals surface area contributed by atoms with Crippen LogP contribution >= 0.6 is 11.6 Å². The van der Waals surface area contributed by atoms with Crippen molar-refractivity contribution in [2.75, 3.05) is 6.61 Å². The molecule has 0 unspecified atom stereocenters. The Labute approximate surface area is 117 Å². The Morgan fingerprint density at radius 1 is 1.05 bits per heavy atom. The summed E-state index contributed by atoms with van der Waals surface area (Å²) in [7, 11) is 0. The minimum absolute atomic E-state index is 0.126. The van der Waals surface area contributed by atoms with Gasteiger partial charge < -0.3 is 4.74 Å². The first-order valence-electron chi connectivity index (χ1n) is 5.54. The average molecular weight is 301 g/mol. The number of hydrogen-bond acceptors (Lipinski definition) is 2. The van der Waals surface area contributed by atoms with Crippen LogP contribution in [0.5, 0.6) is 5.75 Å². The molecule has 0 aliphatic rings. The van der Waals surface area contributed by atoms with Gasteiger partial charge in [0.2, 0.25) is 5.78 Å². The van der Waals surface area contributed by atoms with E-state index in [4.69, 9.17) is 16.3 Å². The highest BCUT2D eigenvalue weighted by molar-refractivity contribution is 6.30. The Bertz CT molecular complexity index is 639. The summed E-state index contributed by atoms with van der Waals surface area (Å²) >= 11 is 5.54. The van der Waals surface area contributed by atoms with E-state index in [0.717, 1.165) is 24.3 Å². The number of rotatable bonds is 4. The van der Waals surface area contributed by atoms with Crippen molar-refractivity contribution in [3.63, 3.8) is 0 Å². The number of carbonyl (C=O) groups excluding carboxylic acids is 1. The molecular formula is C14H8ClF3O2. The summed E-state index contributed by atoms with van der Waals surface area (Å²) in [5, 5.41) is -0.174. The molecule has 0 aliphatic heterocycles. The second-order valence-corrected chi connectivity index (χ2v) is 4.29. The average Bonchev–Trinajstić information content (AvgIpc) is 2.40. The third-order valence-electron chi connectivity index (χ3n) is 2.50. The molecule has 2 aromatic carbocycles. The van der Waals surface area contributed by atoms with Crippen molar-refractivity contribution in [3.8, 4) is 5.75 Å². The zero-order valence-electron chi connectivity index (χ0n) is 10.00. The van der Waals surface area contributed by atoms with E-state index in [2.05, 4.69) is 0 Å². The van der Waals surface area contributed by atoms with Gasteiger partial charge in [0.25, 0.3) is 0 Å². The molecule has 2 nitrogen and oxygen atoms in total. The molecule has 0 fully saturated rings. The number of halogens is 4. The highest BCUT2D eigenvalue weighted by Crippen LogP contribution is 2.21. The lowest BCUT2D eigenvalue weighted by Gasteiger charge is -2.07. The molecule has 104 valence electrons. The highest BCUT2D eigenvalue weighted by atomic mass is 35.5. The van der Waals surface area contributed by atoms with Gasteiger partial charge in [0, 0.05) is 6.07 Å². The van der Waals surface area contributed by atoms with E-state index in [1.807, 2.05) is 0 Å². The van der Waals surface area contributed by atoms with Gasteiger partial charge in [-0.15, -0.1) is 0 Å². The topological polar surface area (TPSA) is 26.3 Å². The van der Waals surface area contributed by atoms with Crippen molar-refractivity contribution >= 4 is 17.4 Å². The van der Waals surface area contributed by atoms with E-state index < -0.39 is 35.4 Å². The van der Waals surface area contributed by atoms with Crippen molar-refractivity contribution < 1.29 is 22.7 Å². The highest BCUT2D eigenvalue weighted by Gasteiger charge is 2.17. The van der Waals surface area contributed by atoms with E-state index in [9.17, 15) is 18.0 Å². The third-order valence-corrected chi connectivity index (χ3v) is 2.79. The summed E-state index contributed by atoms with van der Waals surface area (Å²) in [5.41, 5.74) is -0.666. The van der Waals surface area contributed by atoms with Crippen molar-refractivity contribution in [2.45, 2.75) is 0 Å².